The van der Waals surface area contributed by atoms with Crippen LogP contribution >= 0.6 is 23.4 Å². The predicted molar refractivity (Wildman–Crippen MR) is 88.7 cm³/mol. The number of nitrogens with two attached hydrogens (primary N) is 1. The minimum atomic E-state index is 0.0110. The Morgan fingerprint density at radius 1 is 0.950 bits per heavy atom. The minimum Gasteiger partial charge on any atom is -0.324 e. The number of halogens is 1. The third-order valence-corrected chi connectivity index (χ3v) is 4.76. The van der Waals surface area contributed by atoms with E-state index in [1.807, 2.05) is 25.1 Å². The number of benzene rings is 2. The summed E-state index contributed by atoms with van der Waals surface area (Å²) in [5, 5.41) is 0.762. The van der Waals surface area contributed by atoms with E-state index < -0.39 is 0 Å². The molecule has 0 heterocycles. The molecular weight excluding hydrogens is 286 g/mol. The van der Waals surface area contributed by atoms with Gasteiger partial charge in [-0.3, -0.25) is 0 Å². The lowest BCUT2D eigenvalue weighted by atomic mass is 10.0. The SMILES string of the molecule is CC(C)c1ccc(Sc2ccc([C@@H](C)N)cc2Cl)cc1. The van der Waals surface area contributed by atoms with Gasteiger partial charge in [-0.2, -0.15) is 0 Å². The highest BCUT2D eigenvalue weighted by atomic mass is 35.5. The molecule has 1 atom stereocenters. The van der Waals surface area contributed by atoms with Gasteiger partial charge >= 0.3 is 0 Å². The van der Waals surface area contributed by atoms with Gasteiger partial charge in [0.15, 0.2) is 0 Å². The van der Waals surface area contributed by atoms with Crippen molar-refractivity contribution in [1.29, 1.82) is 0 Å². The van der Waals surface area contributed by atoms with Gasteiger partial charge in [-0.25, -0.2) is 0 Å². The van der Waals surface area contributed by atoms with Crippen molar-refractivity contribution in [2.75, 3.05) is 0 Å². The monoisotopic (exact) mass is 305 g/mol. The van der Waals surface area contributed by atoms with Crippen molar-refractivity contribution < 1.29 is 0 Å². The maximum atomic E-state index is 6.33. The largest absolute Gasteiger partial charge is 0.324 e. The van der Waals surface area contributed by atoms with E-state index >= 15 is 0 Å². The van der Waals surface area contributed by atoms with Crippen LogP contribution in [-0.4, -0.2) is 0 Å². The first-order valence-electron chi connectivity index (χ1n) is 6.80. The van der Waals surface area contributed by atoms with Crippen molar-refractivity contribution in [1.82, 2.24) is 0 Å². The summed E-state index contributed by atoms with van der Waals surface area (Å²) in [4.78, 5) is 2.26. The predicted octanol–water partition coefficient (Wildman–Crippen LogP) is 5.63. The Labute approximate surface area is 130 Å². The molecule has 0 aliphatic heterocycles. The fraction of sp³-hybridized carbons (Fsp3) is 0.294. The van der Waals surface area contributed by atoms with E-state index in [-0.39, 0.29) is 6.04 Å². The van der Waals surface area contributed by atoms with Gasteiger partial charge in [0.2, 0.25) is 0 Å². The van der Waals surface area contributed by atoms with Crippen LogP contribution in [0.2, 0.25) is 5.02 Å². The molecule has 1 nitrogen and oxygen atoms in total. The van der Waals surface area contributed by atoms with Crippen LogP contribution in [0.4, 0.5) is 0 Å². The smallest absolute Gasteiger partial charge is 0.0548 e. The summed E-state index contributed by atoms with van der Waals surface area (Å²) in [5.41, 5.74) is 8.28. The van der Waals surface area contributed by atoms with Gasteiger partial charge in [-0.1, -0.05) is 55.4 Å². The molecule has 106 valence electrons. The van der Waals surface area contributed by atoms with E-state index in [9.17, 15) is 0 Å². The first-order valence-corrected chi connectivity index (χ1v) is 7.99. The summed E-state index contributed by atoms with van der Waals surface area (Å²) >= 11 is 8.01. The second kappa shape index (κ2) is 6.66. The van der Waals surface area contributed by atoms with Gasteiger partial charge < -0.3 is 5.73 Å². The molecule has 20 heavy (non-hydrogen) atoms. The molecule has 2 N–H and O–H groups in total. The highest BCUT2D eigenvalue weighted by Crippen LogP contribution is 2.35. The summed E-state index contributed by atoms with van der Waals surface area (Å²) in [6.45, 7) is 6.36. The van der Waals surface area contributed by atoms with Crippen LogP contribution in [0.1, 0.15) is 43.9 Å². The van der Waals surface area contributed by atoms with Crippen molar-refractivity contribution in [3.05, 3.63) is 58.6 Å². The van der Waals surface area contributed by atoms with Crippen LogP contribution < -0.4 is 5.73 Å². The van der Waals surface area contributed by atoms with Crippen molar-refractivity contribution in [3.63, 3.8) is 0 Å². The van der Waals surface area contributed by atoms with E-state index in [2.05, 4.69) is 38.1 Å². The van der Waals surface area contributed by atoms with Crippen LogP contribution in [0.5, 0.6) is 0 Å². The van der Waals surface area contributed by atoms with Gasteiger partial charge in [0, 0.05) is 15.8 Å². The molecule has 0 unspecified atom stereocenters. The molecule has 0 aromatic heterocycles. The second-order valence-electron chi connectivity index (χ2n) is 5.30. The molecule has 2 aromatic rings. The van der Waals surface area contributed by atoms with Gasteiger partial charge in [-0.05, 0) is 48.2 Å². The van der Waals surface area contributed by atoms with E-state index in [0.29, 0.717) is 5.92 Å². The van der Waals surface area contributed by atoms with Gasteiger partial charge in [-0.15, -0.1) is 0 Å². The molecule has 0 aliphatic rings. The zero-order valence-corrected chi connectivity index (χ0v) is 13.6. The average molecular weight is 306 g/mol. The summed E-state index contributed by atoms with van der Waals surface area (Å²) in [7, 11) is 0. The number of rotatable bonds is 4. The quantitative estimate of drug-likeness (QED) is 0.791. The third-order valence-electron chi connectivity index (χ3n) is 3.26. The Bertz CT molecular complexity index is 576. The Balaban J connectivity index is 2.17. The summed E-state index contributed by atoms with van der Waals surface area (Å²) in [6, 6.07) is 14.7. The molecule has 0 radical (unpaired) electrons. The number of hydrogen-bond donors (Lipinski definition) is 1. The zero-order valence-electron chi connectivity index (χ0n) is 12.1. The van der Waals surface area contributed by atoms with Crippen molar-refractivity contribution >= 4 is 23.4 Å². The summed E-state index contributed by atoms with van der Waals surface area (Å²) < 4.78 is 0. The Morgan fingerprint density at radius 3 is 2.05 bits per heavy atom. The molecule has 0 spiro atoms. The summed E-state index contributed by atoms with van der Waals surface area (Å²) in [5.74, 6) is 0.558. The highest BCUT2D eigenvalue weighted by molar-refractivity contribution is 7.99. The lowest BCUT2D eigenvalue weighted by Gasteiger charge is -2.10. The fourth-order valence-corrected chi connectivity index (χ4v) is 3.05. The van der Waals surface area contributed by atoms with E-state index in [1.54, 1.807) is 11.8 Å². The van der Waals surface area contributed by atoms with Crippen molar-refractivity contribution in [2.24, 2.45) is 5.73 Å². The first kappa shape index (κ1) is 15.4. The Morgan fingerprint density at radius 2 is 1.55 bits per heavy atom. The van der Waals surface area contributed by atoms with Gasteiger partial charge in [0.25, 0.3) is 0 Å². The lowest BCUT2D eigenvalue weighted by Crippen LogP contribution is -2.04. The average Bonchev–Trinajstić information content (AvgIpc) is 2.41. The maximum absolute atomic E-state index is 6.33. The molecule has 3 heteroatoms. The topological polar surface area (TPSA) is 26.0 Å². The van der Waals surface area contributed by atoms with Gasteiger partial charge in [0.05, 0.1) is 5.02 Å². The van der Waals surface area contributed by atoms with Crippen LogP contribution in [0, 0.1) is 0 Å². The molecule has 0 amide bonds. The highest BCUT2D eigenvalue weighted by Gasteiger charge is 2.07. The minimum absolute atomic E-state index is 0.0110. The van der Waals surface area contributed by atoms with E-state index in [4.69, 9.17) is 17.3 Å². The normalized spacial score (nSPS) is 12.7. The van der Waals surface area contributed by atoms with Crippen LogP contribution in [0.25, 0.3) is 0 Å². The standard InChI is InChI=1S/C17H20ClNS/c1-11(2)13-4-7-15(8-5-13)20-17-9-6-14(12(3)19)10-16(17)18/h4-12H,19H2,1-3H3/t12-/m1/s1. The molecular formula is C17H20ClNS. The maximum Gasteiger partial charge on any atom is 0.0548 e. The Kier molecular flexibility index (Phi) is 5.14. The van der Waals surface area contributed by atoms with E-state index in [1.165, 1.54) is 10.5 Å². The van der Waals surface area contributed by atoms with Crippen LogP contribution in [0.3, 0.4) is 0 Å². The Hall–Kier alpha value is -0.960. The fourth-order valence-electron chi connectivity index (χ4n) is 1.93. The molecule has 0 saturated heterocycles. The first-order chi connectivity index (χ1) is 9.47. The second-order valence-corrected chi connectivity index (χ2v) is 6.83. The zero-order chi connectivity index (χ0) is 14.7. The molecule has 2 rings (SSSR count). The van der Waals surface area contributed by atoms with Crippen LogP contribution in [0.15, 0.2) is 52.3 Å². The molecule has 0 fully saturated rings. The molecule has 0 bridgehead atoms. The number of hydrogen-bond acceptors (Lipinski definition) is 2. The van der Waals surface area contributed by atoms with E-state index in [0.717, 1.165) is 15.5 Å². The lowest BCUT2D eigenvalue weighted by molar-refractivity contribution is 0.817. The van der Waals surface area contributed by atoms with Crippen LogP contribution in [-0.2, 0) is 0 Å². The molecule has 0 saturated carbocycles. The summed E-state index contributed by atoms with van der Waals surface area (Å²) in [6.07, 6.45) is 0. The molecule has 2 aromatic carbocycles. The van der Waals surface area contributed by atoms with Crippen molar-refractivity contribution in [2.45, 2.75) is 42.5 Å². The van der Waals surface area contributed by atoms with Gasteiger partial charge in [0.1, 0.15) is 0 Å². The third kappa shape index (κ3) is 3.78. The molecule has 0 aliphatic carbocycles. The van der Waals surface area contributed by atoms with Crippen molar-refractivity contribution in [3.8, 4) is 0 Å².